The summed E-state index contributed by atoms with van der Waals surface area (Å²) in [6.07, 6.45) is 0.987. The highest BCUT2D eigenvalue weighted by atomic mass is 14.9. The average Bonchev–Trinajstić information content (AvgIpc) is 2.02. The number of nitrogens with zero attached hydrogens (tertiary/aromatic N) is 2. The van der Waals surface area contributed by atoms with Crippen molar-refractivity contribution in [1.29, 1.82) is 0 Å². The van der Waals surface area contributed by atoms with Gasteiger partial charge in [-0.05, 0) is 33.3 Å². The molecular formula is C11H19N3. The molecule has 0 aliphatic heterocycles. The van der Waals surface area contributed by atoms with E-state index in [0.29, 0.717) is 0 Å². The molecule has 1 heterocycles. The minimum atomic E-state index is 0.112. The van der Waals surface area contributed by atoms with E-state index in [1.807, 2.05) is 26.8 Å². The van der Waals surface area contributed by atoms with E-state index in [4.69, 9.17) is 5.73 Å². The molecule has 1 aromatic heterocycles. The highest BCUT2D eigenvalue weighted by molar-refractivity contribution is 5.11. The zero-order valence-electron chi connectivity index (χ0n) is 9.41. The minimum Gasteiger partial charge on any atom is -0.327 e. The first-order valence-corrected chi connectivity index (χ1v) is 5.12. The van der Waals surface area contributed by atoms with Crippen molar-refractivity contribution in [2.45, 2.75) is 46.1 Å². The van der Waals surface area contributed by atoms with Crippen molar-refractivity contribution >= 4 is 0 Å². The molecule has 2 N–H and O–H groups in total. The van der Waals surface area contributed by atoms with Crippen LogP contribution in [-0.2, 0) is 0 Å². The Bertz CT molecular complexity index is 287. The molecule has 2 atom stereocenters. The summed E-state index contributed by atoms with van der Waals surface area (Å²) in [7, 11) is 0. The van der Waals surface area contributed by atoms with Crippen LogP contribution >= 0.6 is 0 Å². The number of hydrogen-bond donors (Lipinski definition) is 1. The van der Waals surface area contributed by atoms with Gasteiger partial charge in [0, 0.05) is 23.3 Å². The van der Waals surface area contributed by atoms with Crippen molar-refractivity contribution in [2.24, 2.45) is 5.73 Å². The van der Waals surface area contributed by atoms with Crippen LogP contribution in [0.15, 0.2) is 6.07 Å². The Morgan fingerprint density at radius 2 is 1.79 bits per heavy atom. The molecule has 0 amide bonds. The van der Waals surface area contributed by atoms with Gasteiger partial charge < -0.3 is 5.73 Å². The van der Waals surface area contributed by atoms with E-state index in [9.17, 15) is 0 Å². The van der Waals surface area contributed by atoms with E-state index < -0.39 is 0 Å². The van der Waals surface area contributed by atoms with Gasteiger partial charge in [-0.15, -0.1) is 0 Å². The van der Waals surface area contributed by atoms with Gasteiger partial charge >= 0.3 is 0 Å². The Labute approximate surface area is 85.8 Å². The average molecular weight is 193 g/mol. The summed E-state index contributed by atoms with van der Waals surface area (Å²) in [5.74, 6) is 1.16. The van der Waals surface area contributed by atoms with E-state index in [0.717, 1.165) is 23.6 Å². The van der Waals surface area contributed by atoms with E-state index in [1.165, 1.54) is 0 Å². The maximum absolute atomic E-state index is 5.90. The molecule has 3 heteroatoms. The Balaban J connectivity index is 3.04. The monoisotopic (exact) mass is 193 g/mol. The predicted octanol–water partition coefficient (Wildman–Crippen LogP) is 1.93. The number of nitrogens with two attached hydrogens (primary N) is 1. The van der Waals surface area contributed by atoms with Crippen molar-refractivity contribution in [2.75, 3.05) is 0 Å². The standard InChI is InChI=1S/C11H19N3/c1-5-10(9(4)12)11-13-7(2)6-8(3)14-11/h6,9-10H,5,12H2,1-4H3. The number of aromatic nitrogens is 2. The molecule has 2 unspecified atom stereocenters. The van der Waals surface area contributed by atoms with E-state index in [2.05, 4.69) is 16.9 Å². The number of hydrogen-bond acceptors (Lipinski definition) is 3. The van der Waals surface area contributed by atoms with Crippen LogP contribution in [0.5, 0.6) is 0 Å². The molecule has 0 radical (unpaired) electrons. The SMILES string of the molecule is CCC(c1nc(C)cc(C)n1)C(C)N. The molecule has 0 saturated heterocycles. The van der Waals surface area contributed by atoms with Crippen molar-refractivity contribution in [3.05, 3.63) is 23.3 Å². The topological polar surface area (TPSA) is 51.8 Å². The smallest absolute Gasteiger partial charge is 0.133 e. The van der Waals surface area contributed by atoms with Gasteiger partial charge in [0.15, 0.2) is 0 Å². The molecule has 0 fully saturated rings. The lowest BCUT2D eigenvalue weighted by Gasteiger charge is -2.17. The van der Waals surface area contributed by atoms with E-state index >= 15 is 0 Å². The van der Waals surface area contributed by atoms with Crippen molar-refractivity contribution in [1.82, 2.24) is 9.97 Å². The zero-order chi connectivity index (χ0) is 10.7. The van der Waals surface area contributed by atoms with Crippen molar-refractivity contribution < 1.29 is 0 Å². The lowest BCUT2D eigenvalue weighted by Crippen LogP contribution is -2.26. The summed E-state index contributed by atoms with van der Waals surface area (Å²) in [6.45, 7) is 8.11. The van der Waals surface area contributed by atoms with E-state index in [1.54, 1.807) is 0 Å². The lowest BCUT2D eigenvalue weighted by molar-refractivity contribution is 0.522. The molecule has 0 aliphatic carbocycles. The van der Waals surface area contributed by atoms with Crippen LogP contribution in [0.4, 0.5) is 0 Å². The summed E-state index contributed by atoms with van der Waals surface area (Å²) < 4.78 is 0. The maximum atomic E-state index is 5.90. The van der Waals surface area contributed by atoms with Gasteiger partial charge in [-0.2, -0.15) is 0 Å². The van der Waals surface area contributed by atoms with Crippen LogP contribution < -0.4 is 5.73 Å². The molecule has 1 rings (SSSR count). The van der Waals surface area contributed by atoms with Crippen LogP contribution in [0, 0.1) is 13.8 Å². The second-order valence-corrected chi connectivity index (χ2v) is 3.88. The first kappa shape index (κ1) is 11.1. The Hall–Kier alpha value is -0.960. The fourth-order valence-electron chi connectivity index (χ4n) is 1.71. The number of rotatable bonds is 3. The lowest BCUT2D eigenvalue weighted by atomic mass is 9.98. The van der Waals surface area contributed by atoms with Gasteiger partial charge in [0.05, 0.1) is 0 Å². The van der Waals surface area contributed by atoms with Gasteiger partial charge in [0.1, 0.15) is 5.82 Å². The summed E-state index contributed by atoms with van der Waals surface area (Å²) in [5, 5.41) is 0. The highest BCUT2D eigenvalue weighted by Crippen LogP contribution is 2.19. The summed E-state index contributed by atoms with van der Waals surface area (Å²) in [5.41, 5.74) is 7.94. The first-order valence-electron chi connectivity index (χ1n) is 5.12. The zero-order valence-corrected chi connectivity index (χ0v) is 9.41. The molecule has 0 spiro atoms. The van der Waals surface area contributed by atoms with Crippen LogP contribution in [0.2, 0.25) is 0 Å². The van der Waals surface area contributed by atoms with Crippen molar-refractivity contribution in [3.8, 4) is 0 Å². The molecule has 3 nitrogen and oxygen atoms in total. The maximum Gasteiger partial charge on any atom is 0.133 e. The third kappa shape index (κ3) is 2.51. The number of aryl methyl sites for hydroxylation is 2. The van der Waals surface area contributed by atoms with Gasteiger partial charge in [0.25, 0.3) is 0 Å². The fourth-order valence-corrected chi connectivity index (χ4v) is 1.71. The first-order chi connectivity index (χ1) is 6.54. The van der Waals surface area contributed by atoms with Gasteiger partial charge in [-0.25, -0.2) is 9.97 Å². The Morgan fingerprint density at radius 1 is 1.29 bits per heavy atom. The van der Waals surface area contributed by atoms with Crippen LogP contribution in [0.1, 0.15) is 43.4 Å². The molecule has 0 saturated carbocycles. The second-order valence-electron chi connectivity index (χ2n) is 3.88. The quantitative estimate of drug-likeness (QED) is 0.798. The molecule has 14 heavy (non-hydrogen) atoms. The normalized spacial score (nSPS) is 15.2. The second kappa shape index (κ2) is 4.51. The Morgan fingerprint density at radius 3 is 2.14 bits per heavy atom. The third-order valence-corrected chi connectivity index (χ3v) is 2.41. The van der Waals surface area contributed by atoms with Crippen LogP contribution in [0.25, 0.3) is 0 Å². The molecule has 0 aromatic carbocycles. The predicted molar refractivity (Wildman–Crippen MR) is 58.2 cm³/mol. The molecule has 78 valence electrons. The van der Waals surface area contributed by atoms with Crippen molar-refractivity contribution in [3.63, 3.8) is 0 Å². The summed E-state index contributed by atoms with van der Waals surface area (Å²) in [6, 6.07) is 2.10. The molecule has 0 bridgehead atoms. The van der Waals surface area contributed by atoms with E-state index in [-0.39, 0.29) is 12.0 Å². The summed E-state index contributed by atoms with van der Waals surface area (Å²) >= 11 is 0. The molecule has 1 aromatic rings. The van der Waals surface area contributed by atoms with Crippen LogP contribution in [0.3, 0.4) is 0 Å². The molecular weight excluding hydrogens is 174 g/mol. The highest BCUT2D eigenvalue weighted by Gasteiger charge is 2.17. The third-order valence-electron chi connectivity index (χ3n) is 2.41. The van der Waals surface area contributed by atoms with Gasteiger partial charge in [-0.3, -0.25) is 0 Å². The molecule has 0 aliphatic rings. The minimum absolute atomic E-state index is 0.112. The van der Waals surface area contributed by atoms with Crippen LogP contribution in [-0.4, -0.2) is 16.0 Å². The van der Waals surface area contributed by atoms with Gasteiger partial charge in [-0.1, -0.05) is 6.92 Å². The largest absolute Gasteiger partial charge is 0.327 e. The Kier molecular flexibility index (Phi) is 3.58. The summed E-state index contributed by atoms with van der Waals surface area (Å²) in [4.78, 5) is 8.87. The fraction of sp³-hybridized carbons (Fsp3) is 0.636. The van der Waals surface area contributed by atoms with Gasteiger partial charge in [0.2, 0.25) is 0 Å².